The van der Waals surface area contributed by atoms with Gasteiger partial charge in [-0.3, -0.25) is 9.78 Å². The van der Waals surface area contributed by atoms with E-state index in [4.69, 9.17) is 10.1 Å². The van der Waals surface area contributed by atoms with E-state index in [1.165, 1.54) is 12.1 Å². The predicted molar refractivity (Wildman–Crippen MR) is 143 cm³/mol. The highest BCUT2D eigenvalue weighted by atomic mass is 32.2. The number of hydrogen-bond donors (Lipinski definition) is 3. The fourth-order valence-corrected chi connectivity index (χ4v) is 5.31. The summed E-state index contributed by atoms with van der Waals surface area (Å²) >= 11 is 1.60. The Kier molecular flexibility index (Phi) is 7.04. The van der Waals surface area contributed by atoms with E-state index < -0.39 is 10.0 Å². The highest BCUT2D eigenvalue weighted by Crippen LogP contribution is 2.40. The summed E-state index contributed by atoms with van der Waals surface area (Å²) < 4.78 is 22.9. The van der Waals surface area contributed by atoms with Crippen molar-refractivity contribution in [1.29, 1.82) is 0 Å². The van der Waals surface area contributed by atoms with E-state index in [0.29, 0.717) is 17.8 Å². The number of fused-ring (bicyclic) bond motifs is 2. The first-order valence-corrected chi connectivity index (χ1v) is 13.8. The number of benzene rings is 3. The van der Waals surface area contributed by atoms with Gasteiger partial charge in [0.15, 0.2) is 0 Å². The first kappa shape index (κ1) is 24.7. The number of rotatable bonds is 6. The molecule has 1 amide bonds. The molecule has 4 aromatic rings. The number of nitrogens with two attached hydrogens (primary N) is 1. The normalized spacial score (nSPS) is 12.5. The molecule has 2 heterocycles. The predicted octanol–water partition coefficient (Wildman–Crippen LogP) is 3.99. The fourth-order valence-electron chi connectivity index (χ4n) is 3.79. The zero-order valence-corrected chi connectivity index (χ0v) is 21.2. The third-order valence-corrected chi connectivity index (χ3v) is 7.77. The minimum Gasteiger partial charge on any atom is -0.365 e. The topological polar surface area (TPSA) is 127 Å². The summed E-state index contributed by atoms with van der Waals surface area (Å²) in [6, 6.07) is 23.5. The molecule has 186 valence electrons. The summed E-state index contributed by atoms with van der Waals surface area (Å²) in [6.07, 6.45) is 3.55. The van der Waals surface area contributed by atoms with Crippen LogP contribution >= 0.6 is 11.8 Å². The summed E-state index contributed by atoms with van der Waals surface area (Å²) in [7, 11) is -3.76. The Morgan fingerprint density at radius 1 is 0.892 bits per heavy atom. The smallest absolute Gasteiger partial charge is 0.251 e. The van der Waals surface area contributed by atoms with Crippen molar-refractivity contribution in [3.63, 3.8) is 0 Å². The van der Waals surface area contributed by atoms with Crippen molar-refractivity contribution in [2.75, 3.05) is 0 Å². The number of carbonyl (C=O) groups excluding carboxylic acids is 1. The first-order valence-electron chi connectivity index (χ1n) is 11.4. The van der Waals surface area contributed by atoms with Gasteiger partial charge in [0.25, 0.3) is 5.91 Å². The van der Waals surface area contributed by atoms with Crippen LogP contribution in [0.2, 0.25) is 0 Å². The van der Waals surface area contributed by atoms with Crippen LogP contribution in [0, 0.1) is 0 Å². The van der Waals surface area contributed by atoms with Gasteiger partial charge in [0.1, 0.15) is 5.84 Å². The second-order valence-electron chi connectivity index (χ2n) is 8.33. The van der Waals surface area contributed by atoms with Gasteiger partial charge in [0.05, 0.1) is 10.6 Å². The number of aromatic nitrogens is 1. The Morgan fingerprint density at radius 2 is 1.70 bits per heavy atom. The van der Waals surface area contributed by atoms with Gasteiger partial charge in [0, 0.05) is 46.4 Å². The molecule has 0 fully saturated rings. The average Bonchev–Trinajstić information content (AvgIpc) is 3.07. The van der Waals surface area contributed by atoms with E-state index in [0.717, 1.165) is 32.3 Å². The summed E-state index contributed by atoms with van der Waals surface area (Å²) in [5.74, 6) is 0.461. The number of nitrogens with zero attached hydrogens (tertiary/aromatic N) is 2. The van der Waals surface area contributed by atoms with Crippen LogP contribution in [0.1, 0.15) is 27.0 Å². The molecule has 0 unspecified atom stereocenters. The monoisotopic (exact) mass is 529 g/mol. The second-order valence-corrected chi connectivity index (χ2v) is 11.0. The lowest BCUT2D eigenvalue weighted by Crippen LogP contribution is -2.24. The zero-order valence-electron chi connectivity index (χ0n) is 19.6. The molecular formula is C27H23N5O3S2. The van der Waals surface area contributed by atoms with Gasteiger partial charge in [0.2, 0.25) is 10.0 Å². The van der Waals surface area contributed by atoms with E-state index >= 15 is 0 Å². The number of aliphatic imine (C=N–C) groups is 1. The van der Waals surface area contributed by atoms with Crippen LogP contribution in [0.25, 0.3) is 0 Å². The molecule has 0 radical (unpaired) electrons. The molecule has 0 saturated carbocycles. The van der Waals surface area contributed by atoms with Crippen LogP contribution in [0.15, 0.2) is 111 Å². The highest BCUT2D eigenvalue weighted by molar-refractivity contribution is 7.99. The van der Waals surface area contributed by atoms with Crippen molar-refractivity contribution in [2.45, 2.75) is 27.8 Å². The third kappa shape index (κ3) is 5.88. The van der Waals surface area contributed by atoms with Crippen LogP contribution in [0.4, 0.5) is 5.69 Å². The minimum absolute atomic E-state index is 0.0256. The van der Waals surface area contributed by atoms with Gasteiger partial charge in [-0.25, -0.2) is 18.5 Å². The first-order chi connectivity index (χ1) is 17.9. The van der Waals surface area contributed by atoms with Crippen LogP contribution in [-0.2, 0) is 23.1 Å². The maximum atomic E-state index is 12.9. The summed E-state index contributed by atoms with van der Waals surface area (Å²) in [4.78, 5) is 24.0. The minimum atomic E-state index is -3.76. The van der Waals surface area contributed by atoms with Gasteiger partial charge < -0.3 is 10.6 Å². The van der Waals surface area contributed by atoms with Gasteiger partial charge in [-0.1, -0.05) is 48.2 Å². The Labute approximate surface area is 219 Å². The van der Waals surface area contributed by atoms with Crippen molar-refractivity contribution in [3.8, 4) is 0 Å². The van der Waals surface area contributed by atoms with E-state index in [2.05, 4.69) is 21.7 Å². The van der Waals surface area contributed by atoms with E-state index in [1.807, 2.05) is 42.6 Å². The molecule has 1 aliphatic heterocycles. The number of carbonyl (C=O) groups is 1. The van der Waals surface area contributed by atoms with Crippen molar-refractivity contribution < 1.29 is 13.2 Å². The van der Waals surface area contributed by atoms with Crippen molar-refractivity contribution in [1.82, 2.24) is 15.6 Å². The Hall–Kier alpha value is -3.99. The van der Waals surface area contributed by atoms with Gasteiger partial charge in [-0.05, 0) is 53.6 Å². The Balaban J connectivity index is 1.36. The molecule has 0 atom stereocenters. The molecule has 0 bridgehead atoms. The number of sulfonamides is 1. The number of amides is 1. The molecular weight excluding hydrogens is 506 g/mol. The molecule has 4 N–H and O–H groups in total. The van der Waals surface area contributed by atoms with Crippen LogP contribution in [0.3, 0.4) is 0 Å². The van der Waals surface area contributed by atoms with E-state index in [-0.39, 0.29) is 17.3 Å². The van der Waals surface area contributed by atoms with E-state index in [9.17, 15) is 13.2 Å². The van der Waals surface area contributed by atoms with Crippen molar-refractivity contribution >= 4 is 39.2 Å². The molecule has 3 aromatic carbocycles. The van der Waals surface area contributed by atoms with Crippen molar-refractivity contribution in [3.05, 3.63) is 114 Å². The van der Waals surface area contributed by atoms with Crippen molar-refractivity contribution in [2.24, 2.45) is 10.1 Å². The molecule has 0 aliphatic carbocycles. The number of amidine groups is 1. The third-order valence-electron chi connectivity index (χ3n) is 5.70. The fraction of sp³-hybridized carbons (Fsp3) is 0.0741. The maximum Gasteiger partial charge on any atom is 0.251 e. The maximum absolute atomic E-state index is 12.9. The number of nitrogens with one attached hydrogen (secondary N) is 2. The van der Waals surface area contributed by atoms with Crippen LogP contribution in [0.5, 0.6) is 0 Å². The summed E-state index contributed by atoms with van der Waals surface area (Å²) in [5.41, 5.74) is 3.94. The lowest BCUT2D eigenvalue weighted by Gasteiger charge is -2.11. The summed E-state index contributed by atoms with van der Waals surface area (Å²) in [5, 5.41) is 11.4. The molecule has 1 aromatic heterocycles. The molecule has 5 rings (SSSR count). The lowest BCUT2D eigenvalue weighted by atomic mass is 10.1. The largest absolute Gasteiger partial charge is 0.365 e. The highest BCUT2D eigenvalue weighted by Gasteiger charge is 2.19. The van der Waals surface area contributed by atoms with Gasteiger partial charge in [-0.15, -0.1) is 0 Å². The van der Waals surface area contributed by atoms with E-state index in [1.54, 1.807) is 42.2 Å². The van der Waals surface area contributed by atoms with Crippen LogP contribution < -0.4 is 15.8 Å². The molecule has 0 saturated heterocycles. The standard InChI is InChI=1S/C27H23N5O3S2/c28-37(34,35)21-10-7-18(8-11-21)16-31-27(33)20-9-12-25-23(14-20)32-26(22-5-1-2-6-24(22)36-25)30-17-19-4-3-13-29-15-19/h1-15H,16-17H2,(H,30,32)(H,31,33)(H2,28,34,35). The van der Waals surface area contributed by atoms with Gasteiger partial charge in [-0.2, -0.15) is 0 Å². The zero-order chi connectivity index (χ0) is 25.8. The average molecular weight is 530 g/mol. The van der Waals surface area contributed by atoms with Gasteiger partial charge >= 0.3 is 0 Å². The number of primary sulfonamides is 1. The Morgan fingerprint density at radius 3 is 2.46 bits per heavy atom. The molecule has 8 nitrogen and oxygen atoms in total. The molecule has 37 heavy (non-hydrogen) atoms. The Bertz CT molecular complexity index is 1590. The quantitative estimate of drug-likeness (QED) is 0.347. The number of pyridine rings is 1. The molecule has 10 heteroatoms. The summed E-state index contributed by atoms with van der Waals surface area (Å²) in [6.45, 7) is 0.799. The molecule has 0 spiro atoms. The van der Waals surface area contributed by atoms with Crippen LogP contribution in [-0.4, -0.2) is 25.1 Å². The number of hydrogen-bond acceptors (Lipinski definition) is 7. The SMILES string of the molecule is NS(=O)(=O)c1ccc(CNC(=O)c2ccc3c(c2)N=C(NCc2cccnc2)c2ccccc2S3)cc1. The molecule has 1 aliphatic rings. The lowest BCUT2D eigenvalue weighted by molar-refractivity contribution is 0.0951. The second kappa shape index (κ2) is 10.6.